The summed E-state index contributed by atoms with van der Waals surface area (Å²) in [6, 6.07) is 9.22. The molecule has 9 nitrogen and oxygen atoms in total. The summed E-state index contributed by atoms with van der Waals surface area (Å²) in [6.45, 7) is 2.02. The van der Waals surface area contributed by atoms with Gasteiger partial charge in [-0.15, -0.1) is 5.10 Å². The van der Waals surface area contributed by atoms with Crippen LogP contribution in [0.2, 0.25) is 0 Å². The average molecular weight is 385 g/mol. The second-order valence-electron chi connectivity index (χ2n) is 6.80. The number of aromatic nitrogens is 3. The summed E-state index contributed by atoms with van der Waals surface area (Å²) in [5, 5.41) is 17.1. The Morgan fingerprint density at radius 2 is 1.93 bits per heavy atom. The SMILES string of the molecule is CC(=O)N(CC(=O)O)C1CCCN(C(=O)c2cn(-c3ccccc3)nn2)CC1. The van der Waals surface area contributed by atoms with Gasteiger partial charge in [0.15, 0.2) is 5.69 Å². The van der Waals surface area contributed by atoms with E-state index in [0.29, 0.717) is 32.4 Å². The molecule has 0 bridgehead atoms. The normalized spacial score (nSPS) is 17.0. The number of carboxylic acids is 1. The molecule has 0 spiro atoms. The highest BCUT2D eigenvalue weighted by Gasteiger charge is 2.28. The maximum Gasteiger partial charge on any atom is 0.323 e. The second-order valence-corrected chi connectivity index (χ2v) is 6.80. The fourth-order valence-electron chi connectivity index (χ4n) is 3.47. The molecule has 0 aliphatic carbocycles. The molecule has 28 heavy (non-hydrogen) atoms. The van der Waals surface area contributed by atoms with Crippen molar-refractivity contribution in [3.05, 3.63) is 42.2 Å². The van der Waals surface area contributed by atoms with Crippen molar-refractivity contribution >= 4 is 17.8 Å². The third kappa shape index (κ3) is 4.54. The van der Waals surface area contributed by atoms with E-state index in [9.17, 15) is 14.4 Å². The molecule has 1 aromatic carbocycles. The predicted octanol–water partition coefficient (Wildman–Crippen LogP) is 1.20. The first-order valence-corrected chi connectivity index (χ1v) is 9.21. The standard InChI is InChI=1S/C19H23N5O4/c1-14(25)23(13-18(26)27)15-8-5-10-22(11-9-15)19(28)17-12-24(21-20-17)16-6-3-2-4-7-16/h2-4,6-7,12,15H,5,8-11,13H2,1H3,(H,26,27). The van der Waals surface area contributed by atoms with E-state index in [2.05, 4.69) is 10.3 Å². The fraction of sp³-hybridized carbons (Fsp3) is 0.421. The largest absolute Gasteiger partial charge is 0.480 e. The first kappa shape index (κ1) is 19.5. The number of amides is 2. The molecular formula is C19H23N5O4. The third-order valence-corrected chi connectivity index (χ3v) is 4.87. The van der Waals surface area contributed by atoms with Crippen molar-refractivity contribution in [3.8, 4) is 5.69 Å². The Bertz CT molecular complexity index is 851. The Morgan fingerprint density at radius 1 is 1.18 bits per heavy atom. The van der Waals surface area contributed by atoms with Gasteiger partial charge in [0.25, 0.3) is 5.91 Å². The van der Waals surface area contributed by atoms with Crippen molar-refractivity contribution in [3.63, 3.8) is 0 Å². The fourth-order valence-corrected chi connectivity index (χ4v) is 3.47. The molecule has 1 unspecified atom stereocenters. The summed E-state index contributed by atoms with van der Waals surface area (Å²) >= 11 is 0. The molecule has 9 heteroatoms. The topological polar surface area (TPSA) is 109 Å². The maximum atomic E-state index is 12.8. The lowest BCUT2D eigenvalue weighted by atomic mass is 10.1. The summed E-state index contributed by atoms with van der Waals surface area (Å²) in [5.74, 6) is -1.52. The molecular weight excluding hydrogens is 362 g/mol. The smallest absolute Gasteiger partial charge is 0.323 e. The van der Waals surface area contributed by atoms with Gasteiger partial charge in [-0.3, -0.25) is 14.4 Å². The lowest BCUT2D eigenvalue weighted by Crippen LogP contribution is -2.43. The molecule has 0 radical (unpaired) electrons. The molecule has 1 aromatic heterocycles. The molecule has 2 amide bonds. The number of carbonyl (C=O) groups is 3. The highest BCUT2D eigenvalue weighted by Crippen LogP contribution is 2.19. The first-order valence-electron chi connectivity index (χ1n) is 9.21. The van der Waals surface area contributed by atoms with E-state index in [4.69, 9.17) is 5.11 Å². The molecule has 3 rings (SSSR count). The van der Waals surface area contributed by atoms with Crippen LogP contribution in [0.15, 0.2) is 36.5 Å². The van der Waals surface area contributed by atoms with Gasteiger partial charge in [0, 0.05) is 26.1 Å². The van der Waals surface area contributed by atoms with Crippen LogP contribution >= 0.6 is 0 Å². The van der Waals surface area contributed by atoms with Crippen LogP contribution in [0.3, 0.4) is 0 Å². The monoisotopic (exact) mass is 385 g/mol. The number of hydrogen-bond acceptors (Lipinski definition) is 5. The number of hydrogen-bond donors (Lipinski definition) is 1. The number of aliphatic carboxylic acids is 1. The molecule has 1 atom stereocenters. The Labute approximate surface area is 162 Å². The maximum absolute atomic E-state index is 12.8. The van der Waals surface area contributed by atoms with E-state index in [1.807, 2.05) is 30.3 Å². The number of likely N-dealkylation sites (tertiary alicyclic amines) is 1. The van der Waals surface area contributed by atoms with Gasteiger partial charge in [-0.25, -0.2) is 4.68 Å². The zero-order chi connectivity index (χ0) is 20.1. The van der Waals surface area contributed by atoms with Crippen molar-refractivity contribution in [2.24, 2.45) is 0 Å². The number of rotatable bonds is 5. The van der Waals surface area contributed by atoms with E-state index in [0.717, 1.165) is 5.69 Å². The molecule has 2 heterocycles. The Kier molecular flexibility index (Phi) is 6.03. The van der Waals surface area contributed by atoms with Crippen LogP contribution in [0.25, 0.3) is 5.69 Å². The van der Waals surface area contributed by atoms with Gasteiger partial charge in [-0.1, -0.05) is 23.4 Å². The van der Waals surface area contributed by atoms with E-state index < -0.39 is 5.97 Å². The zero-order valence-electron chi connectivity index (χ0n) is 15.7. The summed E-state index contributed by atoms with van der Waals surface area (Å²) < 4.78 is 1.55. The molecule has 2 aromatic rings. The van der Waals surface area contributed by atoms with Crippen molar-refractivity contribution < 1.29 is 19.5 Å². The summed E-state index contributed by atoms with van der Waals surface area (Å²) in [6.07, 6.45) is 3.48. The summed E-state index contributed by atoms with van der Waals surface area (Å²) in [4.78, 5) is 38.8. The summed E-state index contributed by atoms with van der Waals surface area (Å²) in [7, 11) is 0. The van der Waals surface area contributed by atoms with Gasteiger partial charge in [0.1, 0.15) is 6.54 Å². The lowest BCUT2D eigenvalue weighted by molar-refractivity contribution is -0.145. The van der Waals surface area contributed by atoms with Crippen LogP contribution in [0.4, 0.5) is 0 Å². The average Bonchev–Trinajstić information content (AvgIpc) is 3.05. The number of carbonyl (C=O) groups excluding carboxylic acids is 2. The van der Waals surface area contributed by atoms with Gasteiger partial charge < -0.3 is 14.9 Å². The Morgan fingerprint density at radius 3 is 2.61 bits per heavy atom. The molecule has 1 saturated heterocycles. The van der Waals surface area contributed by atoms with Gasteiger partial charge in [-0.2, -0.15) is 0 Å². The molecule has 148 valence electrons. The van der Waals surface area contributed by atoms with Crippen molar-refractivity contribution in [2.45, 2.75) is 32.2 Å². The van der Waals surface area contributed by atoms with Crippen LogP contribution in [-0.4, -0.2) is 73.4 Å². The predicted molar refractivity (Wildman–Crippen MR) is 99.9 cm³/mol. The van der Waals surface area contributed by atoms with Crippen LogP contribution in [-0.2, 0) is 9.59 Å². The number of benzene rings is 1. The Balaban J connectivity index is 1.67. The number of nitrogens with zero attached hydrogens (tertiary/aromatic N) is 5. The van der Waals surface area contributed by atoms with Crippen LogP contribution in [0.5, 0.6) is 0 Å². The molecule has 1 fully saturated rings. The van der Waals surface area contributed by atoms with E-state index in [1.54, 1.807) is 15.8 Å². The minimum absolute atomic E-state index is 0.189. The quantitative estimate of drug-likeness (QED) is 0.828. The van der Waals surface area contributed by atoms with E-state index >= 15 is 0 Å². The minimum Gasteiger partial charge on any atom is -0.480 e. The molecule has 0 saturated carbocycles. The van der Waals surface area contributed by atoms with Gasteiger partial charge in [0.05, 0.1) is 11.9 Å². The van der Waals surface area contributed by atoms with Crippen LogP contribution in [0, 0.1) is 0 Å². The molecule has 1 aliphatic heterocycles. The van der Waals surface area contributed by atoms with Gasteiger partial charge in [-0.05, 0) is 31.4 Å². The van der Waals surface area contributed by atoms with Gasteiger partial charge in [0.2, 0.25) is 5.91 Å². The first-order chi connectivity index (χ1) is 13.5. The van der Waals surface area contributed by atoms with Crippen LogP contribution < -0.4 is 0 Å². The van der Waals surface area contributed by atoms with Crippen LogP contribution in [0.1, 0.15) is 36.7 Å². The van der Waals surface area contributed by atoms with Gasteiger partial charge >= 0.3 is 5.97 Å². The molecule has 1 aliphatic rings. The second kappa shape index (κ2) is 8.64. The van der Waals surface area contributed by atoms with E-state index in [1.165, 1.54) is 11.8 Å². The Hall–Kier alpha value is -3.23. The molecule has 1 N–H and O–H groups in total. The third-order valence-electron chi connectivity index (χ3n) is 4.87. The lowest BCUT2D eigenvalue weighted by Gasteiger charge is -2.28. The zero-order valence-corrected chi connectivity index (χ0v) is 15.7. The number of para-hydroxylation sites is 1. The highest BCUT2D eigenvalue weighted by atomic mass is 16.4. The number of carboxylic acid groups (broad SMARTS) is 1. The highest BCUT2D eigenvalue weighted by molar-refractivity contribution is 5.92. The summed E-state index contributed by atoms with van der Waals surface area (Å²) in [5.41, 5.74) is 1.08. The van der Waals surface area contributed by atoms with Crippen molar-refractivity contribution in [1.29, 1.82) is 0 Å². The van der Waals surface area contributed by atoms with E-state index in [-0.39, 0.29) is 30.1 Å². The minimum atomic E-state index is -1.04. The van der Waals surface area contributed by atoms with Crippen molar-refractivity contribution in [2.75, 3.05) is 19.6 Å². The van der Waals surface area contributed by atoms with Crippen molar-refractivity contribution in [1.82, 2.24) is 24.8 Å².